The summed E-state index contributed by atoms with van der Waals surface area (Å²) in [6.45, 7) is 3.21. The molecule has 0 saturated heterocycles. The topological polar surface area (TPSA) is 30.7 Å². The Morgan fingerprint density at radius 3 is 2.50 bits per heavy atom. The van der Waals surface area contributed by atoms with Crippen LogP contribution in [-0.2, 0) is 6.54 Å². The zero-order chi connectivity index (χ0) is 14.0. The van der Waals surface area contributed by atoms with Crippen molar-refractivity contribution >= 4 is 11.6 Å². The maximum atomic E-state index is 6.28. The minimum Gasteiger partial charge on any atom is -0.297 e. The van der Waals surface area contributed by atoms with Gasteiger partial charge in [0, 0.05) is 12.1 Å². The maximum absolute atomic E-state index is 6.28. The smallest absolute Gasteiger partial charge is 0.225 e. The molecule has 4 heteroatoms. The molecule has 0 amide bonds. The van der Waals surface area contributed by atoms with Gasteiger partial charge in [0.1, 0.15) is 0 Å². The standard InChI is InChI=1S/C16H20ClN3/c1-2-16(10-6-7-11-16)12-20-14(18-19-15(20)17)13-8-4-3-5-9-13/h3-5,8-9H,2,6-7,10-12H2,1H3. The van der Waals surface area contributed by atoms with Crippen LogP contribution >= 0.6 is 11.6 Å². The predicted molar refractivity (Wildman–Crippen MR) is 81.7 cm³/mol. The van der Waals surface area contributed by atoms with Gasteiger partial charge in [0.05, 0.1) is 0 Å². The normalized spacial score (nSPS) is 17.5. The lowest BCUT2D eigenvalue weighted by Crippen LogP contribution is -2.23. The van der Waals surface area contributed by atoms with Gasteiger partial charge < -0.3 is 0 Å². The minimum absolute atomic E-state index is 0.371. The first-order valence-corrected chi connectivity index (χ1v) is 7.76. The largest absolute Gasteiger partial charge is 0.297 e. The van der Waals surface area contributed by atoms with Crippen LogP contribution in [0.2, 0.25) is 5.28 Å². The highest BCUT2D eigenvalue weighted by molar-refractivity contribution is 6.28. The van der Waals surface area contributed by atoms with E-state index in [4.69, 9.17) is 11.6 Å². The van der Waals surface area contributed by atoms with E-state index in [1.54, 1.807) is 0 Å². The third-order valence-electron chi connectivity index (χ3n) is 4.65. The molecule has 1 aliphatic carbocycles. The van der Waals surface area contributed by atoms with Crippen LogP contribution in [-0.4, -0.2) is 14.8 Å². The molecular formula is C16H20ClN3. The van der Waals surface area contributed by atoms with Crippen LogP contribution in [0.25, 0.3) is 11.4 Å². The summed E-state index contributed by atoms with van der Waals surface area (Å²) in [7, 11) is 0. The molecule has 0 spiro atoms. The quantitative estimate of drug-likeness (QED) is 0.825. The van der Waals surface area contributed by atoms with E-state index in [0.29, 0.717) is 10.7 Å². The van der Waals surface area contributed by atoms with Gasteiger partial charge in [-0.15, -0.1) is 10.2 Å². The number of benzene rings is 1. The Kier molecular flexibility index (Phi) is 3.79. The van der Waals surface area contributed by atoms with Crippen molar-refractivity contribution < 1.29 is 0 Å². The average Bonchev–Trinajstić information content (AvgIpc) is 3.09. The summed E-state index contributed by atoms with van der Waals surface area (Å²) in [5.41, 5.74) is 1.45. The van der Waals surface area contributed by atoms with Gasteiger partial charge in [0.15, 0.2) is 5.82 Å². The third kappa shape index (κ3) is 2.47. The summed E-state index contributed by atoms with van der Waals surface area (Å²) >= 11 is 6.28. The molecule has 1 aliphatic rings. The Morgan fingerprint density at radius 1 is 1.15 bits per heavy atom. The summed E-state index contributed by atoms with van der Waals surface area (Å²) < 4.78 is 2.09. The molecule has 1 heterocycles. The zero-order valence-corrected chi connectivity index (χ0v) is 12.6. The lowest BCUT2D eigenvalue weighted by molar-refractivity contribution is 0.238. The van der Waals surface area contributed by atoms with Crippen LogP contribution in [0.5, 0.6) is 0 Å². The molecule has 0 unspecified atom stereocenters. The summed E-state index contributed by atoms with van der Waals surface area (Å²) in [5.74, 6) is 0.885. The maximum Gasteiger partial charge on any atom is 0.225 e. The second-order valence-corrected chi connectivity index (χ2v) is 6.14. The van der Waals surface area contributed by atoms with E-state index in [-0.39, 0.29) is 0 Å². The molecule has 20 heavy (non-hydrogen) atoms. The van der Waals surface area contributed by atoms with Crippen molar-refractivity contribution in [3.8, 4) is 11.4 Å². The van der Waals surface area contributed by atoms with Crippen molar-refractivity contribution in [2.75, 3.05) is 0 Å². The number of rotatable bonds is 4. The molecule has 1 aromatic heterocycles. The number of hydrogen-bond donors (Lipinski definition) is 0. The zero-order valence-electron chi connectivity index (χ0n) is 11.8. The van der Waals surface area contributed by atoms with Crippen LogP contribution in [0.4, 0.5) is 0 Å². The highest BCUT2D eigenvalue weighted by atomic mass is 35.5. The van der Waals surface area contributed by atoms with Gasteiger partial charge in [-0.05, 0) is 36.3 Å². The first-order valence-electron chi connectivity index (χ1n) is 7.38. The van der Waals surface area contributed by atoms with E-state index in [9.17, 15) is 0 Å². The van der Waals surface area contributed by atoms with Crippen LogP contribution in [0, 0.1) is 5.41 Å². The van der Waals surface area contributed by atoms with Gasteiger partial charge in [-0.1, -0.05) is 50.1 Å². The Balaban J connectivity index is 1.96. The molecule has 3 nitrogen and oxygen atoms in total. The molecule has 0 bridgehead atoms. The third-order valence-corrected chi connectivity index (χ3v) is 4.92. The molecule has 1 aromatic carbocycles. The molecule has 2 aromatic rings. The van der Waals surface area contributed by atoms with Crippen LogP contribution < -0.4 is 0 Å². The molecule has 106 valence electrons. The fourth-order valence-corrected chi connectivity index (χ4v) is 3.49. The Morgan fingerprint density at radius 2 is 1.85 bits per heavy atom. The molecule has 1 saturated carbocycles. The molecule has 3 rings (SSSR count). The van der Waals surface area contributed by atoms with Crippen LogP contribution in [0.1, 0.15) is 39.0 Å². The molecule has 0 radical (unpaired) electrons. The van der Waals surface area contributed by atoms with Gasteiger partial charge >= 0.3 is 0 Å². The molecular weight excluding hydrogens is 270 g/mol. The van der Waals surface area contributed by atoms with E-state index in [1.165, 1.54) is 32.1 Å². The van der Waals surface area contributed by atoms with E-state index >= 15 is 0 Å². The second-order valence-electron chi connectivity index (χ2n) is 5.81. The van der Waals surface area contributed by atoms with E-state index in [1.807, 2.05) is 18.2 Å². The second kappa shape index (κ2) is 5.57. The number of halogens is 1. The summed E-state index contributed by atoms with van der Waals surface area (Å²) in [4.78, 5) is 0. The van der Waals surface area contributed by atoms with Gasteiger partial charge in [0.2, 0.25) is 5.28 Å². The van der Waals surface area contributed by atoms with Gasteiger partial charge in [0.25, 0.3) is 0 Å². The predicted octanol–water partition coefficient (Wildman–Crippen LogP) is 4.57. The van der Waals surface area contributed by atoms with Crippen LogP contribution in [0.3, 0.4) is 0 Å². The van der Waals surface area contributed by atoms with E-state index < -0.39 is 0 Å². The van der Waals surface area contributed by atoms with Crippen molar-refractivity contribution in [2.45, 2.75) is 45.6 Å². The molecule has 0 atom stereocenters. The summed E-state index contributed by atoms with van der Waals surface area (Å²) in [6.07, 6.45) is 6.41. The summed E-state index contributed by atoms with van der Waals surface area (Å²) in [5, 5.41) is 8.86. The van der Waals surface area contributed by atoms with Gasteiger partial charge in [-0.3, -0.25) is 4.57 Å². The fraction of sp³-hybridized carbons (Fsp3) is 0.500. The first-order chi connectivity index (χ1) is 9.74. The van der Waals surface area contributed by atoms with E-state index in [2.05, 4.69) is 33.8 Å². The van der Waals surface area contributed by atoms with Crippen molar-refractivity contribution in [1.82, 2.24) is 14.8 Å². The Labute approximate surface area is 125 Å². The van der Waals surface area contributed by atoms with Crippen molar-refractivity contribution in [3.05, 3.63) is 35.6 Å². The number of nitrogens with zero attached hydrogens (tertiary/aromatic N) is 3. The van der Waals surface area contributed by atoms with Crippen molar-refractivity contribution in [3.63, 3.8) is 0 Å². The monoisotopic (exact) mass is 289 g/mol. The molecule has 0 aliphatic heterocycles. The van der Waals surface area contributed by atoms with Gasteiger partial charge in [-0.25, -0.2) is 0 Å². The number of hydrogen-bond acceptors (Lipinski definition) is 2. The Bertz CT molecular complexity index is 571. The first kappa shape index (κ1) is 13.6. The van der Waals surface area contributed by atoms with Crippen molar-refractivity contribution in [1.29, 1.82) is 0 Å². The lowest BCUT2D eigenvalue weighted by Gasteiger charge is -2.28. The van der Waals surface area contributed by atoms with E-state index in [0.717, 1.165) is 17.9 Å². The SMILES string of the molecule is CCC1(Cn2c(Cl)nnc2-c2ccccc2)CCCC1. The Hall–Kier alpha value is -1.35. The van der Waals surface area contributed by atoms with Crippen molar-refractivity contribution in [2.24, 2.45) is 5.41 Å². The van der Waals surface area contributed by atoms with Crippen LogP contribution in [0.15, 0.2) is 30.3 Å². The highest BCUT2D eigenvalue weighted by Crippen LogP contribution is 2.43. The highest BCUT2D eigenvalue weighted by Gasteiger charge is 2.33. The molecule has 0 N–H and O–H groups in total. The van der Waals surface area contributed by atoms with Gasteiger partial charge in [-0.2, -0.15) is 0 Å². The lowest BCUT2D eigenvalue weighted by atomic mass is 9.83. The summed E-state index contributed by atoms with van der Waals surface area (Å²) in [6, 6.07) is 10.2. The average molecular weight is 290 g/mol. The molecule has 1 fully saturated rings. The minimum atomic E-state index is 0.371. The fourth-order valence-electron chi connectivity index (χ4n) is 3.31. The number of aromatic nitrogens is 3.